The van der Waals surface area contributed by atoms with Crippen LogP contribution in [-0.4, -0.2) is 0 Å². The minimum Gasteiger partial charge on any atom is -0.0616 e. The van der Waals surface area contributed by atoms with Gasteiger partial charge in [-0.05, 0) is 93.0 Å². The first-order valence-electron chi connectivity index (χ1n) is 11.3. The summed E-state index contributed by atoms with van der Waals surface area (Å²) in [7, 11) is 0. The van der Waals surface area contributed by atoms with Crippen LogP contribution in [-0.2, 0) is 0 Å². The summed E-state index contributed by atoms with van der Waals surface area (Å²) in [5.74, 6) is 0. The van der Waals surface area contributed by atoms with Crippen LogP contribution in [0.2, 0.25) is 0 Å². The van der Waals surface area contributed by atoms with Crippen LogP contribution < -0.4 is 0 Å². The average Bonchev–Trinajstić information content (AvgIpc) is 2.82. The lowest BCUT2D eigenvalue weighted by Crippen LogP contribution is -1.85. The summed E-state index contributed by atoms with van der Waals surface area (Å²) in [4.78, 5) is 0. The van der Waals surface area contributed by atoms with E-state index in [0.29, 0.717) is 0 Å². The van der Waals surface area contributed by atoms with Crippen LogP contribution in [0, 0.1) is 27.7 Å². The molecule has 0 nitrogen and oxygen atoms in total. The standard InChI is InChI=1S/2C16H14/c1-11-9-14-8-7-13-5-3-4-6-15(13)16(14)10-12(11)2;1-11-7-8-14-10-9-13-5-3-4-6-15(13)16(14)12(11)2/h2*3-10H,1-2H3. The van der Waals surface area contributed by atoms with Gasteiger partial charge >= 0.3 is 0 Å². The van der Waals surface area contributed by atoms with Crippen molar-refractivity contribution in [3.05, 3.63) is 119 Å². The summed E-state index contributed by atoms with van der Waals surface area (Å²) >= 11 is 0. The minimum atomic E-state index is 1.32. The second kappa shape index (κ2) is 8.13. The Hall–Kier alpha value is -3.64. The van der Waals surface area contributed by atoms with Crippen LogP contribution >= 0.6 is 0 Å². The van der Waals surface area contributed by atoms with Gasteiger partial charge in [-0.3, -0.25) is 0 Å². The Balaban J connectivity index is 0.000000135. The van der Waals surface area contributed by atoms with Gasteiger partial charge in [-0.1, -0.05) is 97.1 Å². The molecular formula is C32H28. The topological polar surface area (TPSA) is 0 Å². The van der Waals surface area contributed by atoms with Crippen LogP contribution in [0.3, 0.4) is 0 Å². The largest absolute Gasteiger partial charge is 0.0616 e. The Morgan fingerprint density at radius 3 is 1.66 bits per heavy atom. The van der Waals surface area contributed by atoms with Crippen molar-refractivity contribution < 1.29 is 0 Å². The SMILES string of the molecule is Cc1cc2ccc3ccccc3c2cc1C.Cc1ccc2ccc3ccccc3c2c1C. The maximum Gasteiger partial charge on any atom is -0.00735 e. The number of hydrogen-bond acceptors (Lipinski definition) is 0. The van der Waals surface area contributed by atoms with Crippen molar-refractivity contribution in [2.75, 3.05) is 0 Å². The van der Waals surface area contributed by atoms with Gasteiger partial charge < -0.3 is 0 Å². The fourth-order valence-corrected chi connectivity index (χ4v) is 4.66. The molecule has 0 N–H and O–H groups in total. The van der Waals surface area contributed by atoms with Crippen molar-refractivity contribution in [1.29, 1.82) is 0 Å². The second-order valence-corrected chi connectivity index (χ2v) is 8.84. The average molecular weight is 413 g/mol. The van der Waals surface area contributed by atoms with E-state index < -0.39 is 0 Å². The molecule has 0 amide bonds. The quantitative estimate of drug-likeness (QED) is 0.218. The van der Waals surface area contributed by atoms with E-state index >= 15 is 0 Å². The fraction of sp³-hybridized carbons (Fsp3) is 0.125. The lowest BCUT2D eigenvalue weighted by molar-refractivity contribution is 1.37. The van der Waals surface area contributed by atoms with Crippen LogP contribution in [0.25, 0.3) is 43.1 Å². The zero-order valence-corrected chi connectivity index (χ0v) is 19.2. The molecule has 0 spiro atoms. The molecule has 0 aromatic heterocycles. The highest BCUT2D eigenvalue weighted by molar-refractivity contribution is 6.09. The second-order valence-electron chi connectivity index (χ2n) is 8.84. The molecule has 0 bridgehead atoms. The van der Waals surface area contributed by atoms with E-state index in [2.05, 4.69) is 125 Å². The Labute approximate surface area is 190 Å². The van der Waals surface area contributed by atoms with Gasteiger partial charge in [0.2, 0.25) is 0 Å². The van der Waals surface area contributed by atoms with Crippen molar-refractivity contribution in [1.82, 2.24) is 0 Å². The lowest BCUT2D eigenvalue weighted by Gasteiger charge is -2.09. The number of fused-ring (bicyclic) bond motifs is 6. The first kappa shape index (κ1) is 20.3. The van der Waals surface area contributed by atoms with Crippen LogP contribution in [0.5, 0.6) is 0 Å². The van der Waals surface area contributed by atoms with Gasteiger partial charge in [0.25, 0.3) is 0 Å². The Bertz CT molecular complexity index is 1600. The van der Waals surface area contributed by atoms with E-state index in [-0.39, 0.29) is 0 Å². The zero-order chi connectivity index (χ0) is 22.2. The molecule has 6 rings (SSSR count). The summed E-state index contributed by atoms with van der Waals surface area (Å²) in [6, 6.07) is 35.0. The Morgan fingerprint density at radius 2 is 0.906 bits per heavy atom. The highest BCUT2D eigenvalue weighted by Crippen LogP contribution is 2.30. The number of aryl methyl sites for hydroxylation is 4. The van der Waals surface area contributed by atoms with Crippen LogP contribution in [0.15, 0.2) is 97.1 Å². The molecule has 32 heavy (non-hydrogen) atoms. The molecule has 0 atom stereocenters. The lowest BCUT2D eigenvalue weighted by atomic mass is 9.96. The molecular weight excluding hydrogens is 384 g/mol. The zero-order valence-electron chi connectivity index (χ0n) is 19.2. The van der Waals surface area contributed by atoms with Gasteiger partial charge in [0.15, 0.2) is 0 Å². The van der Waals surface area contributed by atoms with E-state index in [1.54, 1.807) is 0 Å². The molecule has 0 heteroatoms. The van der Waals surface area contributed by atoms with Crippen molar-refractivity contribution >= 4 is 43.1 Å². The number of benzene rings is 6. The predicted octanol–water partition coefficient (Wildman–Crippen LogP) is 9.22. The third-order valence-electron chi connectivity index (χ3n) is 6.80. The molecule has 0 aliphatic carbocycles. The maximum absolute atomic E-state index is 2.30. The highest BCUT2D eigenvalue weighted by atomic mass is 14.1. The smallest absolute Gasteiger partial charge is 0.00735 e. The van der Waals surface area contributed by atoms with E-state index in [1.807, 2.05) is 0 Å². The van der Waals surface area contributed by atoms with Gasteiger partial charge in [0.1, 0.15) is 0 Å². The normalized spacial score (nSPS) is 11.1. The third-order valence-corrected chi connectivity index (χ3v) is 6.80. The molecule has 0 fully saturated rings. The van der Waals surface area contributed by atoms with E-state index in [4.69, 9.17) is 0 Å². The van der Waals surface area contributed by atoms with Crippen molar-refractivity contribution in [2.45, 2.75) is 27.7 Å². The highest BCUT2D eigenvalue weighted by Gasteiger charge is 2.04. The molecule has 0 saturated carbocycles. The Kier molecular flexibility index (Phi) is 5.15. The van der Waals surface area contributed by atoms with Crippen molar-refractivity contribution in [2.24, 2.45) is 0 Å². The summed E-state index contributed by atoms with van der Waals surface area (Å²) in [6.07, 6.45) is 0. The summed E-state index contributed by atoms with van der Waals surface area (Å²) in [6.45, 7) is 8.74. The molecule has 0 saturated heterocycles. The Morgan fingerprint density at radius 1 is 0.375 bits per heavy atom. The first-order chi connectivity index (χ1) is 15.5. The maximum atomic E-state index is 2.30. The first-order valence-corrected chi connectivity index (χ1v) is 11.3. The number of hydrogen-bond donors (Lipinski definition) is 0. The van der Waals surface area contributed by atoms with Gasteiger partial charge in [-0.15, -0.1) is 0 Å². The number of rotatable bonds is 0. The molecule has 0 unspecified atom stereocenters. The molecule has 0 aliphatic heterocycles. The van der Waals surface area contributed by atoms with Crippen LogP contribution in [0.1, 0.15) is 22.3 Å². The van der Waals surface area contributed by atoms with Gasteiger partial charge in [0, 0.05) is 0 Å². The fourth-order valence-electron chi connectivity index (χ4n) is 4.66. The molecule has 0 heterocycles. The van der Waals surface area contributed by atoms with E-state index in [0.717, 1.165) is 0 Å². The van der Waals surface area contributed by atoms with Gasteiger partial charge in [0.05, 0.1) is 0 Å². The van der Waals surface area contributed by atoms with E-state index in [9.17, 15) is 0 Å². The predicted molar refractivity (Wildman–Crippen MR) is 142 cm³/mol. The molecule has 6 aromatic rings. The van der Waals surface area contributed by atoms with Crippen molar-refractivity contribution in [3.63, 3.8) is 0 Å². The monoisotopic (exact) mass is 412 g/mol. The minimum absolute atomic E-state index is 1.32. The summed E-state index contributed by atoms with van der Waals surface area (Å²) in [5.41, 5.74) is 5.49. The summed E-state index contributed by atoms with van der Waals surface area (Å²) < 4.78 is 0. The molecule has 0 radical (unpaired) electrons. The van der Waals surface area contributed by atoms with Crippen LogP contribution in [0.4, 0.5) is 0 Å². The van der Waals surface area contributed by atoms with Gasteiger partial charge in [-0.25, -0.2) is 0 Å². The molecule has 156 valence electrons. The van der Waals surface area contributed by atoms with Gasteiger partial charge in [-0.2, -0.15) is 0 Å². The summed E-state index contributed by atoms with van der Waals surface area (Å²) in [5, 5.41) is 10.8. The third kappa shape index (κ3) is 3.52. The van der Waals surface area contributed by atoms with Crippen molar-refractivity contribution in [3.8, 4) is 0 Å². The molecule has 6 aromatic carbocycles. The molecule has 0 aliphatic rings. The van der Waals surface area contributed by atoms with E-state index in [1.165, 1.54) is 65.3 Å².